The van der Waals surface area contributed by atoms with Crippen LogP contribution in [0, 0.1) is 0 Å². The van der Waals surface area contributed by atoms with Gasteiger partial charge in [-0.25, -0.2) is 0 Å². The molecule has 0 fully saturated rings. The maximum absolute atomic E-state index is 3.98. The van der Waals surface area contributed by atoms with Crippen molar-refractivity contribution in [2.24, 2.45) is 4.99 Å². The van der Waals surface area contributed by atoms with E-state index < -0.39 is 0 Å². The van der Waals surface area contributed by atoms with Gasteiger partial charge in [0.2, 0.25) is 0 Å². The third kappa shape index (κ3) is 5.24. The van der Waals surface area contributed by atoms with E-state index in [0.29, 0.717) is 0 Å². The molecule has 4 heteroatoms. The molecule has 0 amide bonds. The molecule has 94 valence electrons. The highest BCUT2D eigenvalue weighted by atomic mass is 15.5. The zero-order valence-corrected chi connectivity index (χ0v) is 11.1. The van der Waals surface area contributed by atoms with Crippen LogP contribution in [-0.4, -0.2) is 43.8 Å². The lowest BCUT2D eigenvalue weighted by Gasteiger charge is -2.20. The summed E-state index contributed by atoms with van der Waals surface area (Å²) in [5.41, 5.74) is 5.50. The molecule has 0 unspecified atom stereocenters. The molecule has 4 nitrogen and oxygen atoms in total. The molecule has 0 spiro atoms. The van der Waals surface area contributed by atoms with Gasteiger partial charge in [-0.15, -0.1) is 0 Å². The van der Waals surface area contributed by atoms with Gasteiger partial charge in [0.1, 0.15) is 0 Å². The Morgan fingerprint density at radius 2 is 2.35 bits per heavy atom. The number of allylic oxidation sites excluding steroid dienone is 2. The maximum Gasteiger partial charge on any atom is 0.0697 e. The first kappa shape index (κ1) is 13.4. The fourth-order valence-corrected chi connectivity index (χ4v) is 1.68. The minimum atomic E-state index is 1.06. The number of hydrazine groups is 1. The van der Waals surface area contributed by atoms with Gasteiger partial charge in [0.15, 0.2) is 0 Å². The fraction of sp³-hybridized carbons (Fsp3) is 0.462. The molecule has 0 radical (unpaired) electrons. The van der Waals surface area contributed by atoms with Crippen molar-refractivity contribution in [3.05, 3.63) is 35.8 Å². The smallest absolute Gasteiger partial charge is 0.0697 e. The third-order valence-corrected chi connectivity index (χ3v) is 2.34. The molecule has 1 N–H and O–H groups in total. The molecule has 1 aliphatic heterocycles. The van der Waals surface area contributed by atoms with E-state index in [4.69, 9.17) is 0 Å². The SMILES string of the molecule is C/N=C\C(C)=C/N(C)NC1=CN(C)CCC=C1. The third-order valence-electron chi connectivity index (χ3n) is 2.34. The highest BCUT2D eigenvalue weighted by Gasteiger charge is 2.01. The van der Waals surface area contributed by atoms with Gasteiger partial charge in [0.05, 0.1) is 5.70 Å². The first-order chi connectivity index (χ1) is 8.11. The summed E-state index contributed by atoms with van der Waals surface area (Å²) >= 11 is 0. The average molecular weight is 234 g/mol. The van der Waals surface area contributed by atoms with Crippen molar-refractivity contribution in [3.63, 3.8) is 0 Å². The lowest BCUT2D eigenvalue weighted by atomic mass is 10.3. The van der Waals surface area contributed by atoms with E-state index >= 15 is 0 Å². The molecule has 0 saturated carbocycles. The molecule has 0 aliphatic carbocycles. The summed E-state index contributed by atoms with van der Waals surface area (Å²) in [5.74, 6) is 0. The van der Waals surface area contributed by atoms with Gasteiger partial charge < -0.3 is 4.90 Å². The Kier molecular flexibility index (Phi) is 5.33. The van der Waals surface area contributed by atoms with Gasteiger partial charge in [-0.05, 0) is 25.0 Å². The lowest BCUT2D eigenvalue weighted by molar-refractivity contribution is 0.366. The second-order valence-electron chi connectivity index (χ2n) is 4.24. The Labute approximate surface area is 104 Å². The number of aliphatic imine (C=N–C) groups is 1. The molecule has 1 heterocycles. The standard InChI is InChI=1S/C13H22N4/c1-12(9-14-2)10-17(4)15-13-7-5-6-8-16(3)11-13/h5,7,9-11,15H,6,8H2,1-4H3/b12-10-,14-9-. The second-order valence-corrected chi connectivity index (χ2v) is 4.24. The van der Waals surface area contributed by atoms with Crippen molar-refractivity contribution < 1.29 is 0 Å². The Morgan fingerprint density at radius 3 is 3.06 bits per heavy atom. The minimum absolute atomic E-state index is 1.06. The quantitative estimate of drug-likeness (QED) is 0.594. The number of nitrogens with zero attached hydrogens (tertiary/aromatic N) is 3. The molecular weight excluding hydrogens is 212 g/mol. The highest BCUT2D eigenvalue weighted by molar-refractivity contribution is 5.77. The highest BCUT2D eigenvalue weighted by Crippen LogP contribution is 2.04. The summed E-state index contributed by atoms with van der Waals surface area (Å²) in [7, 11) is 5.84. The number of nitrogens with one attached hydrogen (secondary N) is 1. The zero-order valence-electron chi connectivity index (χ0n) is 11.1. The van der Waals surface area contributed by atoms with Crippen LogP contribution in [0.15, 0.2) is 40.8 Å². The Balaban J connectivity index is 2.61. The van der Waals surface area contributed by atoms with Crippen LogP contribution >= 0.6 is 0 Å². The van der Waals surface area contributed by atoms with Crippen molar-refractivity contribution in [1.29, 1.82) is 0 Å². The summed E-state index contributed by atoms with van der Waals surface area (Å²) in [4.78, 5) is 6.16. The summed E-state index contributed by atoms with van der Waals surface area (Å²) in [6.07, 6.45) is 11.3. The molecule has 0 atom stereocenters. The van der Waals surface area contributed by atoms with Crippen molar-refractivity contribution in [2.45, 2.75) is 13.3 Å². The predicted octanol–water partition coefficient (Wildman–Crippen LogP) is 1.76. The van der Waals surface area contributed by atoms with Crippen LogP contribution < -0.4 is 5.43 Å². The topological polar surface area (TPSA) is 30.9 Å². The van der Waals surface area contributed by atoms with E-state index in [0.717, 1.165) is 24.2 Å². The van der Waals surface area contributed by atoms with E-state index in [1.807, 2.05) is 31.4 Å². The van der Waals surface area contributed by atoms with Crippen LogP contribution in [0.2, 0.25) is 0 Å². The monoisotopic (exact) mass is 234 g/mol. The molecule has 0 aromatic carbocycles. The Morgan fingerprint density at radius 1 is 1.59 bits per heavy atom. The molecule has 17 heavy (non-hydrogen) atoms. The molecule has 1 aliphatic rings. The van der Waals surface area contributed by atoms with Crippen LogP contribution in [0.1, 0.15) is 13.3 Å². The molecular formula is C13H22N4. The van der Waals surface area contributed by atoms with Gasteiger partial charge >= 0.3 is 0 Å². The van der Waals surface area contributed by atoms with Gasteiger partial charge in [-0.1, -0.05) is 6.08 Å². The van der Waals surface area contributed by atoms with Crippen LogP contribution in [-0.2, 0) is 0 Å². The van der Waals surface area contributed by atoms with E-state index in [-0.39, 0.29) is 0 Å². The van der Waals surface area contributed by atoms with Gasteiger partial charge in [-0.3, -0.25) is 15.4 Å². The van der Waals surface area contributed by atoms with E-state index in [1.165, 1.54) is 0 Å². The van der Waals surface area contributed by atoms with Crippen LogP contribution in [0.25, 0.3) is 0 Å². The summed E-state index contributed by atoms with van der Waals surface area (Å²) in [6, 6.07) is 0. The van der Waals surface area contributed by atoms with Crippen molar-refractivity contribution in [3.8, 4) is 0 Å². The first-order valence-electron chi connectivity index (χ1n) is 5.80. The largest absolute Gasteiger partial charge is 0.378 e. The number of hydrogen-bond acceptors (Lipinski definition) is 4. The van der Waals surface area contributed by atoms with E-state index in [1.54, 1.807) is 7.05 Å². The van der Waals surface area contributed by atoms with Gasteiger partial charge in [0, 0.05) is 46.3 Å². The predicted molar refractivity (Wildman–Crippen MR) is 73.5 cm³/mol. The van der Waals surface area contributed by atoms with Crippen molar-refractivity contribution in [2.75, 3.05) is 27.7 Å². The van der Waals surface area contributed by atoms with Crippen molar-refractivity contribution in [1.82, 2.24) is 15.3 Å². The zero-order chi connectivity index (χ0) is 12.7. The maximum atomic E-state index is 3.98. The number of hydrogen-bond donors (Lipinski definition) is 1. The molecule has 0 aromatic rings. The molecule has 0 bridgehead atoms. The lowest BCUT2D eigenvalue weighted by Crippen LogP contribution is -2.29. The van der Waals surface area contributed by atoms with Crippen LogP contribution in [0.3, 0.4) is 0 Å². The minimum Gasteiger partial charge on any atom is -0.378 e. The Bertz CT molecular complexity index is 352. The van der Waals surface area contributed by atoms with E-state index in [2.05, 4.69) is 40.7 Å². The first-order valence-corrected chi connectivity index (χ1v) is 5.80. The summed E-state index contributed by atoms with van der Waals surface area (Å²) in [5, 5.41) is 1.94. The fourth-order valence-electron chi connectivity index (χ4n) is 1.68. The normalized spacial score (nSPS) is 17.1. The Hall–Kier alpha value is -1.71. The molecule has 0 aromatic heterocycles. The van der Waals surface area contributed by atoms with E-state index in [9.17, 15) is 0 Å². The summed E-state index contributed by atoms with van der Waals surface area (Å²) < 4.78 is 0. The van der Waals surface area contributed by atoms with Gasteiger partial charge in [-0.2, -0.15) is 0 Å². The van der Waals surface area contributed by atoms with Crippen LogP contribution in [0.4, 0.5) is 0 Å². The molecule has 0 saturated heterocycles. The van der Waals surface area contributed by atoms with Gasteiger partial charge in [0.25, 0.3) is 0 Å². The molecule has 1 rings (SSSR count). The average Bonchev–Trinajstić information content (AvgIpc) is 2.42. The summed E-state index contributed by atoms with van der Waals surface area (Å²) in [6.45, 7) is 3.08. The van der Waals surface area contributed by atoms with Crippen LogP contribution in [0.5, 0.6) is 0 Å². The second kappa shape index (κ2) is 6.78. The van der Waals surface area contributed by atoms with Crippen molar-refractivity contribution >= 4 is 6.21 Å². The number of rotatable bonds is 4.